The molecule has 0 unspecified atom stereocenters. The summed E-state index contributed by atoms with van der Waals surface area (Å²) in [6, 6.07) is 18.5. The van der Waals surface area contributed by atoms with Gasteiger partial charge in [0.2, 0.25) is 0 Å². The molecule has 0 amide bonds. The van der Waals surface area contributed by atoms with E-state index in [1.165, 1.54) is 5.56 Å². The van der Waals surface area contributed by atoms with Crippen molar-refractivity contribution in [3.05, 3.63) is 72.6 Å². The van der Waals surface area contributed by atoms with Gasteiger partial charge in [-0.25, -0.2) is 0 Å². The predicted octanol–water partition coefficient (Wildman–Crippen LogP) is 3.63. The quantitative estimate of drug-likeness (QED) is 0.550. The molecule has 2 aromatic heterocycles. The molecule has 0 aliphatic carbocycles. The third kappa shape index (κ3) is 1.84. The minimum absolute atomic E-state index is 0.782. The second-order valence-corrected chi connectivity index (χ2v) is 4.89. The smallest absolute Gasteiger partial charge is 0.111 e. The van der Waals surface area contributed by atoms with Crippen molar-refractivity contribution < 1.29 is 0 Å². The predicted molar refractivity (Wildman–Crippen MR) is 80.6 cm³/mol. The summed E-state index contributed by atoms with van der Waals surface area (Å²) in [5.41, 5.74) is 3.21. The van der Waals surface area contributed by atoms with Crippen LogP contribution in [0, 0.1) is 0 Å². The van der Waals surface area contributed by atoms with Gasteiger partial charge in [0.15, 0.2) is 0 Å². The molecule has 0 radical (unpaired) electrons. The molecule has 2 aromatic carbocycles. The Hall–Kier alpha value is -2.68. The maximum Gasteiger partial charge on any atom is 0.111 e. The summed E-state index contributed by atoms with van der Waals surface area (Å²) in [5, 5.41) is 6.93. The van der Waals surface area contributed by atoms with Gasteiger partial charge in [-0.2, -0.15) is 5.10 Å². The molecular formula is C17H13N3. The molecule has 0 bridgehead atoms. The maximum atomic E-state index is 4.61. The minimum atomic E-state index is 0.782. The number of hydrogen-bond donors (Lipinski definition) is 0. The summed E-state index contributed by atoms with van der Waals surface area (Å²) in [6.07, 6.45) is 3.95. The first-order valence-electron chi connectivity index (χ1n) is 6.65. The van der Waals surface area contributed by atoms with E-state index in [1.54, 1.807) is 0 Å². The Balaban J connectivity index is 1.84. The third-order valence-electron chi connectivity index (χ3n) is 3.50. The van der Waals surface area contributed by atoms with E-state index >= 15 is 0 Å². The van der Waals surface area contributed by atoms with E-state index in [4.69, 9.17) is 0 Å². The average molecular weight is 259 g/mol. The lowest BCUT2D eigenvalue weighted by atomic mass is 10.1. The van der Waals surface area contributed by atoms with Gasteiger partial charge in [-0.1, -0.05) is 48.5 Å². The van der Waals surface area contributed by atoms with Crippen molar-refractivity contribution in [1.29, 1.82) is 0 Å². The molecule has 20 heavy (non-hydrogen) atoms. The summed E-state index contributed by atoms with van der Waals surface area (Å²) in [7, 11) is 0. The number of nitrogens with zero attached hydrogens (tertiary/aromatic N) is 3. The van der Waals surface area contributed by atoms with Gasteiger partial charge in [-0.05, 0) is 11.6 Å². The fourth-order valence-electron chi connectivity index (χ4n) is 2.54. The van der Waals surface area contributed by atoms with E-state index in [1.807, 2.05) is 35.1 Å². The summed E-state index contributed by atoms with van der Waals surface area (Å²) in [4.78, 5) is 4.45. The Morgan fingerprint density at radius 1 is 0.800 bits per heavy atom. The highest BCUT2D eigenvalue weighted by Crippen LogP contribution is 2.22. The normalized spacial score (nSPS) is 11.2. The zero-order valence-electron chi connectivity index (χ0n) is 10.9. The Bertz CT molecular complexity index is 878. The van der Waals surface area contributed by atoms with Crippen molar-refractivity contribution in [3.63, 3.8) is 0 Å². The van der Waals surface area contributed by atoms with E-state index < -0.39 is 0 Å². The standard InChI is InChI=1S/C17H13N3/c1-2-6-13(7-3-1)11-20-12-15-14-8-4-5-9-16(14)18-10-17(15)19-20/h1-10,12H,11H2. The molecule has 0 aliphatic heterocycles. The lowest BCUT2D eigenvalue weighted by Crippen LogP contribution is -1.99. The Morgan fingerprint density at radius 2 is 1.60 bits per heavy atom. The molecule has 0 saturated carbocycles. The number of fused-ring (bicyclic) bond motifs is 3. The molecule has 0 aliphatic rings. The van der Waals surface area contributed by atoms with Crippen LogP contribution in [-0.4, -0.2) is 14.8 Å². The monoisotopic (exact) mass is 259 g/mol. The summed E-state index contributed by atoms with van der Waals surface area (Å²) < 4.78 is 1.98. The van der Waals surface area contributed by atoms with Gasteiger partial charge in [0.25, 0.3) is 0 Å². The molecule has 4 aromatic rings. The van der Waals surface area contributed by atoms with E-state index in [-0.39, 0.29) is 0 Å². The van der Waals surface area contributed by atoms with Crippen LogP contribution < -0.4 is 0 Å². The first kappa shape index (κ1) is 11.2. The van der Waals surface area contributed by atoms with Crippen LogP contribution in [0.2, 0.25) is 0 Å². The largest absolute Gasteiger partial charge is 0.267 e. The Labute approximate surface area is 116 Å². The zero-order valence-corrected chi connectivity index (χ0v) is 10.9. The second kappa shape index (κ2) is 4.46. The Morgan fingerprint density at radius 3 is 2.50 bits per heavy atom. The van der Waals surface area contributed by atoms with Crippen LogP contribution >= 0.6 is 0 Å². The number of hydrogen-bond acceptors (Lipinski definition) is 2. The molecular weight excluding hydrogens is 246 g/mol. The van der Waals surface area contributed by atoms with Gasteiger partial charge >= 0.3 is 0 Å². The van der Waals surface area contributed by atoms with Crippen molar-refractivity contribution in [3.8, 4) is 0 Å². The second-order valence-electron chi connectivity index (χ2n) is 4.89. The highest BCUT2D eigenvalue weighted by molar-refractivity contribution is 6.03. The molecule has 3 heteroatoms. The number of benzene rings is 2. The maximum absolute atomic E-state index is 4.61. The molecule has 96 valence electrons. The Kier molecular flexibility index (Phi) is 2.49. The molecule has 0 saturated heterocycles. The molecule has 3 nitrogen and oxygen atoms in total. The SMILES string of the molecule is c1ccc(Cn2cc3c(cnc4ccccc43)n2)cc1. The number of pyridine rings is 1. The summed E-state index contributed by atoms with van der Waals surface area (Å²) in [6.45, 7) is 0.782. The van der Waals surface area contributed by atoms with E-state index in [9.17, 15) is 0 Å². The molecule has 0 N–H and O–H groups in total. The lowest BCUT2D eigenvalue weighted by molar-refractivity contribution is 0.695. The zero-order chi connectivity index (χ0) is 13.4. The highest BCUT2D eigenvalue weighted by Gasteiger charge is 2.06. The van der Waals surface area contributed by atoms with Crippen molar-refractivity contribution in [2.45, 2.75) is 6.54 Å². The van der Waals surface area contributed by atoms with Crippen LogP contribution in [0.5, 0.6) is 0 Å². The van der Waals surface area contributed by atoms with Crippen molar-refractivity contribution in [2.24, 2.45) is 0 Å². The van der Waals surface area contributed by atoms with Crippen LogP contribution in [0.1, 0.15) is 5.56 Å². The number of rotatable bonds is 2. The number of para-hydroxylation sites is 1. The van der Waals surface area contributed by atoms with E-state index in [0.29, 0.717) is 0 Å². The molecule has 0 fully saturated rings. The first-order chi connectivity index (χ1) is 9.90. The lowest BCUT2D eigenvalue weighted by Gasteiger charge is -2.00. The molecule has 2 heterocycles. The van der Waals surface area contributed by atoms with Gasteiger partial charge in [-0.3, -0.25) is 9.67 Å². The average Bonchev–Trinajstić information content (AvgIpc) is 2.91. The van der Waals surface area contributed by atoms with Crippen molar-refractivity contribution in [2.75, 3.05) is 0 Å². The highest BCUT2D eigenvalue weighted by atomic mass is 15.3. The summed E-state index contributed by atoms with van der Waals surface area (Å²) >= 11 is 0. The van der Waals surface area contributed by atoms with E-state index in [0.717, 1.165) is 28.4 Å². The van der Waals surface area contributed by atoms with Crippen LogP contribution in [0.3, 0.4) is 0 Å². The van der Waals surface area contributed by atoms with Gasteiger partial charge in [0, 0.05) is 17.0 Å². The molecule has 4 rings (SSSR count). The van der Waals surface area contributed by atoms with Crippen LogP contribution in [0.4, 0.5) is 0 Å². The van der Waals surface area contributed by atoms with Crippen LogP contribution in [0.15, 0.2) is 67.0 Å². The molecule has 0 spiro atoms. The van der Waals surface area contributed by atoms with Crippen molar-refractivity contribution >= 4 is 21.8 Å². The van der Waals surface area contributed by atoms with Gasteiger partial charge in [-0.15, -0.1) is 0 Å². The van der Waals surface area contributed by atoms with Gasteiger partial charge in [0.1, 0.15) is 5.52 Å². The van der Waals surface area contributed by atoms with Crippen molar-refractivity contribution in [1.82, 2.24) is 14.8 Å². The third-order valence-corrected chi connectivity index (χ3v) is 3.50. The fourth-order valence-corrected chi connectivity index (χ4v) is 2.54. The van der Waals surface area contributed by atoms with Gasteiger partial charge < -0.3 is 0 Å². The minimum Gasteiger partial charge on any atom is -0.267 e. The molecule has 0 atom stereocenters. The fraction of sp³-hybridized carbons (Fsp3) is 0.0588. The van der Waals surface area contributed by atoms with Gasteiger partial charge in [0.05, 0.1) is 18.3 Å². The first-order valence-corrected chi connectivity index (χ1v) is 6.65. The topological polar surface area (TPSA) is 30.7 Å². The summed E-state index contributed by atoms with van der Waals surface area (Å²) in [5.74, 6) is 0. The number of aromatic nitrogens is 3. The van der Waals surface area contributed by atoms with E-state index in [2.05, 4.69) is 46.6 Å². The van der Waals surface area contributed by atoms with Crippen LogP contribution in [0.25, 0.3) is 21.8 Å². The van der Waals surface area contributed by atoms with Crippen LogP contribution in [-0.2, 0) is 6.54 Å².